The van der Waals surface area contributed by atoms with Crippen LogP contribution in [0.3, 0.4) is 0 Å². The van der Waals surface area contributed by atoms with Gasteiger partial charge in [0, 0.05) is 21.9 Å². The smallest absolute Gasteiger partial charge is 0.205 e. The van der Waals surface area contributed by atoms with Gasteiger partial charge in [0.2, 0.25) is 9.04 Å². The van der Waals surface area contributed by atoms with Crippen molar-refractivity contribution in [3.63, 3.8) is 0 Å². The topological polar surface area (TPSA) is 9.23 Å². The molecule has 101 valence electrons. The van der Waals surface area contributed by atoms with Crippen LogP contribution in [0.1, 0.15) is 16.0 Å². The Morgan fingerprint density at radius 3 is 2.79 bits per heavy atom. The van der Waals surface area contributed by atoms with E-state index in [9.17, 15) is 4.39 Å². The van der Waals surface area contributed by atoms with E-state index < -0.39 is 9.04 Å². The number of benzene rings is 1. The molecule has 0 spiro atoms. The SMILES string of the molecule is C[Si](C)OCc1cc(Cc2cccc(Cl)c2)c(F)s1. The molecule has 0 aliphatic rings. The second kappa shape index (κ2) is 6.66. The maximum Gasteiger partial charge on any atom is 0.205 e. The molecular formula is C14H15ClFOSSi. The standard InChI is InChI=1S/C14H15ClFOSSi/c1-19(2)17-9-13-8-11(14(16)18-13)6-10-4-3-5-12(15)7-10/h3-5,7-8H,6,9H2,1-2H3. The van der Waals surface area contributed by atoms with Crippen molar-refractivity contribution in [1.29, 1.82) is 0 Å². The zero-order chi connectivity index (χ0) is 13.8. The normalized spacial score (nSPS) is 11.2. The first-order valence-electron chi connectivity index (χ1n) is 5.99. The Balaban J connectivity index is 2.08. The van der Waals surface area contributed by atoms with Crippen molar-refractivity contribution in [2.75, 3.05) is 0 Å². The van der Waals surface area contributed by atoms with E-state index in [1.165, 1.54) is 11.3 Å². The summed E-state index contributed by atoms with van der Waals surface area (Å²) in [5, 5.41) is 0.556. The van der Waals surface area contributed by atoms with E-state index in [2.05, 4.69) is 13.1 Å². The molecule has 19 heavy (non-hydrogen) atoms. The van der Waals surface area contributed by atoms with Gasteiger partial charge in [0.05, 0.1) is 6.61 Å². The summed E-state index contributed by atoms with van der Waals surface area (Å²) in [7, 11) is -0.733. The third-order valence-electron chi connectivity index (χ3n) is 2.60. The highest BCUT2D eigenvalue weighted by molar-refractivity contribution is 7.10. The fraction of sp³-hybridized carbons (Fsp3) is 0.286. The first-order chi connectivity index (χ1) is 9.04. The van der Waals surface area contributed by atoms with Gasteiger partial charge in [-0.3, -0.25) is 0 Å². The predicted molar refractivity (Wildman–Crippen MR) is 80.8 cm³/mol. The zero-order valence-electron chi connectivity index (χ0n) is 10.9. The van der Waals surface area contributed by atoms with Crippen LogP contribution >= 0.6 is 22.9 Å². The first kappa shape index (κ1) is 14.7. The Bertz CT molecular complexity index is 556. The molecule has 0 unspecified atom stereocenters. The van der Waals surface area contributed by atoms with Crippen molar-refractivity contribution >= 4 is 32.0 Å². The van der Waals surface area contributed by atoms with Crippen LogP contribution in [0, 0.1) is 5.13 Å². The number of hydrogen-bond donors (Lipinski definition) is 0. The van der Waals surface area contributed by atoms with Gasteiger partial charge in [0.15, 0.2) is 5.13 Å². The Labute approximate surface area is 123 Å². The second-order valence-corrected chi connectivity index (χ2v) is 8.14. The Hall–Kier alpha value is -0.683. The van der Waals surface area contributed by atoms with Gasteiger partial charge < -0.3 is 4.43 Å². The third-order valence-corrected chi connectivity index (χ3v) is 4.49. The summed E-state index contributed by atoms with van der Waals surface area (Å²) in [6, 6.07) is 9.42. The monoisotopic (exact) mass is 313 g/mol. The van der Waals surface area contributed by atoms with E-state index in [1.807, 2.05) is 30.3 Å². The van der Waals surface area contributed by atoms with Crippen LogP contribution in [-0.4, -0.2) is 9.04 Å². The minimum absolute atomic E-state index is 0.125. The van der Waals surface area contributed by atoms with Crippen LogP contribution in [0.15, 0.2) is 30.3 Å². The van der Waals surface area contributed by atoms with Gasteiger partial charge in [-0.15, -0.1) is 11.3 Å². The quantitative estimate of drug-likeness (QED) is 0.713. The van der Waals surface area contributed by atoms with Gasteiger partial charge >= 0.3 is 0 Å². The molecule has 0 N–H and O–H groups in total. The molecule has 0 amide bonds. The van der Waals surface area contributed by atoms with Gasteiger partial charge in [-0.2, -0.15) is 4.39 Å². The Morgan fingerprint density at radius 1 is 1.32 bits per heavy atom. The van der Waals surface area contributed by atoms with Crippen molar-refractivity contribution in [3.05, 3.63) is 56.5 Å². The molecule has 2 rings (SSSR count). The van der Waals surface area contributed by atoms with Gasteiger partial charge in [-0.1, -0.05) is 23.7 Å². The third kappa shape index (κ3) is 4.42. The van der Waals surface area contributed by atoms with E-state index in [0.717, 1.165) is 10.4 Å². The lowest BCUT2D eigenvalue weighted by Gasteiger charge is -2.02. The lowest BCUT2D eigenvalue weighted by Crippen LogP contribution is -2.06. The van der Waals surface area contributed by atoms with Crippen LogP contribution in [0.25, 0.3) is 0 Å². The van der Waals surface area contributed by atoms with Crippen molar-refractivity contribution in [1.82, 2.24) is 0 Å². The molecule has 1 nitrogen and oxygen atoms in total. The summed E-state index contributed by atoms with van der Waals surface area (Å²) in [6.45, 7) is 4.65. The van der Waals surface area contributed by atoms with Crippen molar-refractivity contribution in [2.24, 2.45) is 0 Å². The van der Waals surface area contributed by atoms with Crippen molar-refractivity contribution in [2.45, 2.75) is 26.1 Å². The molecular weight excluding hydrogens is 299 g/mol. The summed E-state index contributed by atoms with van der Waals surface area (Å²) in [5.74, 6) is 0. The predicted octanol–water partition coefficient (Wildman–Crippen LogP) is 4.90. The largest absolute Gasteiger partial charge is 0.412 e. The fourth-order valence-corrected chi connectivity index (χ4v) is 3.31. The van der Waals surface area contributed by atoms with Crippen LogP contribution in [0.4, 0.5) is 4.39 Å². The maximum atomic E-state index is 13.9. The molecule has 0 bridgehead atoms. The highest BCUT2D eigenvalue weighted by Crippen LogP contribution is 2.25. The molecule has 1 aromatic heterocycles. The number of halogens is 2. The second-order valence-electron chi connectivity index (χ2n) is 4.52. The molecule has 0 saturated heterocycles. The van der Waals surface area contributed by atoms with E-state index in [0.29, 0.717) is 23.6 Å². The summed E-state index contributed by atoms with van der Waals surface area (Å²) < 4.78 is 19.4. The molecule has 5 heteroatoms. The molecule has 1 radical (unpaired) electrons. The number of hydrogen-bond acceptors (Lipinski definition) is 2. The maximum absolute atomic E-state index is 13.9. The average Bonchev–Trinajstić information content (AvgIpc) is 2.68. The van der Waals surface area contributed by atoms with Gasteiger partial charge in [-0.25, -0.2) is 0 Å². The van der Waals surface area contributed by atoms with E-state index in [-0.39, 0.29) is 5.13 Å². The molecule has 0 aliphatic heterocycles. The van der Waals surface area contributed by atoms with Crippen LogP contribution < -0.4 is 0 Å². The highest BCUT2D eigenvalue weighted by atomic mass is 35.5. The minimum atomic E-state index is -0.733. The average molecular weight is 314 g/mol. The summed E-state index contributed by atoms with van der Waals surface area (Å²) in [4.78, 5) is 0.945. The minimum Gasteiger partial charge on any atom is -0.412 e. The molecule has 2 aromatic rings. The summed E-state index contributed by atoms with van der Waals surface area (Å²) in [6.07, 6.45) is 0.568. The molecule has 0 atom stereocenters. The van der Waals surface area contributed by atoms with Crippen LogP contribution in [0.2, 0.25) is 18.1 Å². The molecule has 1 heterocycles. The number of thiophene rings is 1. The van der Waals surface area contributed by atoms with Crippen molar-refractivity contribution in [3.8, 4) is 0 Å². The Morgan fingerprint density at radius 2 is 2.11 bits per heavy atom. The lowest BCUT2D eigenvalue weighted by atomic mass is 10.1. The lowest BCUT2D eigenvalue weighted by molar-refractivity contribution is 0.318. The fourth-order valence-electron chi connectivity index (χ4n) is 1.74. The van der Waals surface area contributed by atoms with Gasteiger partial charge in [0.25, 0.3) is 0 Å². The van der Waals surface area contributed by atoms with E-state index in [4.69, 9.17) is 16.0 Å². The van der Waals surface area contributed by atoms with E-state index >= 15 is 0 Å². The zero-order valence-corrected chi connectivity index (χ0v) is 13.4. The van der Waals surface area contributed by atoms with Crippen molar-refractivity contribution < 1.29 is 8.82 Å². The molecule has 0 fully saturated rings. The summed E-state index contributed by atoms with van der Waals surface area (Å²) in [5.41, 5.74) is 1.74. The van der Waals surface area contributed by atoms with E-state index in [1.54, 1.807) is 0 Å². The van der Waals surface area contributed by atoms with Crippen LogP contribution in [0.5, 0.6) is 0 Å². The highest BCUT2D eigenvalue weighted by Gasteiger charge is 2.10. The van der Waals surface area contributed by atoms with Gasteiger partial charge in [0.1, 0.15) is 0 Å². The Kier molecular flexibility index (Phi) is 5.16. The first-order valence-corrected chi connectivity index (χ1v) is 9.59. The number of rotatable bonds is 5. The van der Waals surface area contributed by atoms with Gasteiger partial charge in [-0.05, 0) is 36.9 Å². The summed E-state index contributed by atoms with van der Waals surface area (Å²) >= 11 is 7.10. The molecule has 1 aromatic carbocycles. The molecule has 0 aliphatic carbocycles. The van der Waals surface area contributed by atoms with Crippen LogP contribution in [-0.2, 0) is 17.5 Å². The molecule has 0 saturated carbocycles.